The van der Waals surface area contributed by atoms with Crippen LogP contribution in [0.15, 0.2) is 72.2 Å². The lowest BCUT2D eigenvalue weighted by Crippen LogP contribution is -2.38. The van der Waals surface area contributed by atoms with Crippen molar-refractivity contribution in [3.63, 3.8) is 0 Å². The SMILES string of the molecule is C=C(Nc1ccc2c(c1)NC(=O)C(C)CCCC(N1CCC(c3c(F)ccc(Cl)c3F)=CC1=O)c1cc-2ccn1)O/C(COC)=N\C. The fraction of sp³-hybridized carbons (Fsp3) is 0.314. The van der Waals surface area contributed by atoms with E-state index in [1.807, 2.05) is 31.2 Å². The summed E-state index contributed by atoms with van der Waals surface area (Å²) in [6, 6.07) is 11.1. The number of benzene rings is 2. The molecule has 12 heteroatoms. The molecule has 0 spiro atoms. The van der Waals surface area contributed by atoms with E-state index in [1.165, 1.54) is 13.2 Å². The summed E-state index contributed by atoms with van der Waals surface area (Å²) in [4.78, 5) is 37.3. The van der Waals surface area contributed by atoms with Gasteiger partial charge in [0, 0.05) is 50.1 Å². The smallest absolute Gasteiger partial charge is 0.247 e. The lowest BCUT2D eigenvalue weighted by Gasteiger charge is -2.34. The quantitative estimate of drug-likeness (QED) is 0.118. The van der Waals surface area contributed by atoms with Crippen molar-refractivity contribution in [1.29, 1.82) is 0 Å². The van der Waals surface area contributed by atoms with Crippen LogP contribution in [-0.4, -0.2) is 54.9 Å². The van der Waals surface area contributed by atoms with Gasteiger partial charge in [0.15, 0.2) is 11.7 Å². The summed E-state index contributed by atoms with van der Waals surface area (Å²) in [5, 5.41) is 5.97. The molecule has 47 heavy (non-hydrogen) atoms. The van der Waals surface area contributed by atoms with Gasteiger partial charge in [-0.05, 0) is 73.4 Å². The number of carbonyl (C=O) groups excluding carboxylic acids is 2. The highest BCUT2D eigenvalue weighted by molar-refractivity contribution is 6.31. The maximum absolute atomic E-state index is 14.8. The topological polar surface area (TPSA) is 105 Å². The van der Waals surface area contributed by atoms with Crippen molar-refractivity contribution >= 4 is 46.3 Å². The molecule has 0 saturated carbocycles. The third-order valence-electron chi connectivity index (χ3n) is 8.26. The second kappa shape index (κ2) is 14.9. The molecule has 2 atom stereocenters. The number of aromatic nitrogens is 1. The van der Waals surface area contributed by atoms with E-state index in [-0.39, 0.29) is 59.3 Å². The van der Waals surface area contributed by atoms with Gasteiger partial charge in [0.25, 0.3) is 0 Å². The Morgan fingerprint density at radius 3 is 2.74 bits per heavy atom. The van der Waals surface area contributed by atoms with Gasteiger partial charge in [-0.3, -0.25) is 19.6 Å². The van der Waals surface area contributed by atoms with Crippen LogP contribution in [0.25, 0.3) is 16.7 Å². The molecule has 1 aromatic heterocycles. The minimum absolute atomic E-state index is 0.141. The molecule has 2 aliphatic rings. The van der Waals surface area contributed by atoms with Crippen LogP contribution < -0.4 is 10.6 Å². The van der Waals surface area contributed by atoms with Crippen LogP contribution in [0, 0.1) is 17.6 Å². The molecule has 0 aliphatic carbocycles. The van der Waals surface area contributed by atoms with E-state index in [0.717, 1.165) is 23.3 Å². The second-order valence-corrected chi connectivity index (χ2v) is 11.8. The number of rotatable bonds is 7. The third kappa shape index (κ3) is 7.69. The molecule has 246 valence electrons. The zero-order valence-electron chi connectivity index (χ0n) is 26.4. The third-order valence-corrected chi connectivity index (χ3v) is 8.55. The molecule has 2 aromatic carbocycles. The molecular weight excluding hydrogens is 628 g/mol. The largest absolute Gasteiger partial charge is 0.425 e. The standard InChI is InChI=1S/C35H36ClF2N5O4/c1-20-6-5-7-30(43-15-13-23(17-32(43)44)33-27(37)11-10-26(36)34(33)38)29-16-22(12-14-40-29)25-9-8-24(18-28(25)42-35(20)45)41-21(2)47-31(39-3)19-46-4/h8-12,14,16-18,20,30,41H,2,5-7,13,15,19H2,1,3-4H3,(H,42,45)/b39-31-. The van der Waals surface area contributed by atoms with Crippen LogP contribution >= 0.6 is 11.6 Å². The molecule has 2 aliphatic heterocycles. The van der Waals surface area contributed by atoms with Crippen molar-refractivity contribution in [2.24, 2.45) is 10.9 Å². The van der Waals surface area contributed by atoms with Crippen LogP contribution in [0.5, 0.6) is 0 Å². The number of aliphatic imine (C=N–C) groups is 1. The lowest BCUT2D eigenvalue weighted by molar-refractivity contribution is -0.129. The molecular formula is C35H36ClF2N5O4. The average molecular weight is 664 g/mol. The fourth-order valence-electron chi connectivity index (χ4n) is 5.82. The number of ether oxygens (including phenoxy) is 2. The summed E-state index contributed by atoms with van der Waals surface area (Å²) in [7, 11) is 3.13. The number of fused-ring (bicyclic) bond motifs is 4. The molecule has 2 N–H and O–H groups in total. The first-order valence-corrected chi connectivity index (χ1v) is 15.6. The van der Waals surface area contributed by atoms with Gasteiger partial charge >= 0.3 is 0 Å². The number of nitrogens with one attached hydrogen (secondary N) is 2. The number of hydrogen-bond donors (Lipinski definition) is 2. The summed E-state index contributed by atoms with van der Waals surface area (Å²) in [5.41, 5.74) is 3.39. The Bertz CT molecular complexity index is 1760. The second-order valence-electron chi connectivity index (χ2n) is 11.4. The highest BCUT2D eigenvalue weighted by Gasteiger charge is 2.31. The highest BCUT2D eigenvalue weighted by atomic mass is 35.5. The van der Waals surface area contributed by atoms with Crippen LogP contribution in [0.1, 0.15) is 49.9 Å². The van der Waals surface area contributed by atoms with Crippen molar-refractivity contribution < 1.29 is 27.8 Å². The van der Waals surface area contributed by atoms with Gasteiger partial charge in [-0.25, -0.2) is 8.78 Å². The number of anilines is 2. The van der Waals surface area contributed by atoms with E-state index < -0.39 is 17.7 Å². The van der Waals surface area contributed by atoms with Crippen molar-refractivity contribution in [2.75, 3.05) is 37.9 Å². The Kier molecular flexibility index (Phi) is 10.7. The predicted octanol–water partition coefficient (Wildman–Crippen LogP) is 7.37. The number of carbonyl (C=O) groups is 2. The first kappa shape index (κ1) is 33.7. The van der Waals surface area contributed by atoms with E-state index in [1.54, 1.807) is 24.2 Å². The van der Waals surface area contributed by atoms with E-state index in [4.69, 9.17) is 21.1 Å². The first-order chi connectivity index (χ1) is 22.6. The van der Waals surface area contributed by atoms with Gasteiger partial charge in [0.2, 0.25) is 17.7 Å². The highest BCUT2D eigenvalue weighted by Crippen LogP contribution is 2.38. The molecule has 0 fully saturated rings. The molecule has 0 radical (unpaired) electrons. The van der Waals surface area contributed by atoms with Gasteiger partial charge in [-0.15, -0.1) is 0 Å². The summed E-state index contributed by atoms with van der Waals surface area (Å²) >= 11 is 5.92. The Hall–Kier alpha value is -4.61. The Balaban J connectivity index is 1.47. The predicted molar refractivity (Wildman–Crippen MR) is 179 cm³/mol. The molecule has 3 aromatic rings. The number of amides is 2. The first-order valence-electron chi connectivity index (χ1n) is 15.2. The summed E-state index contributed by atoms with van der Waals surface area (Å²) in [5.74, 6) is -1.91. The zero-order chi connectivity index (χ0) is 33.7. The van der Waals surface area contributed by atoms with Crippen molar-refractivity contribution in [2.45, 2.75) is 38.6 Å². The Morgan fingerprint density at radius 1 is 1.19 bits per heavy atom. The monoisotopic (exact) mass is 663 g/mol. The van der Waals surface area contributed by atoms with Gasteiger partial charge in [-0.1, -0.05) is 31.0 Å². The molecule has 2 unspecified atom stereocenters. The average Bonchev–Trinajstić information content (AvgIpc) is 3.05. The van der Waals surface area contributed by atoms with E-state index >= 15 is 0 Å². The normalized spacial score (nSPS) is 18.7. The summed E-state index contributed by atoms with van der Waals surface area (Å²) in [6.45, 7) is 6.19. The number of nitrogens with zero attached hydrogens (tertiary/aromatic N) is 3. The number of halogens is 3. The van der Waals surface area contributed by atoms with Crippen molar-refractivity contribution in [3.8, 4) is 11.1 Å². The summed E-state index contributed by atoms with van der Waals surface area (Å²) in [6.07, 6.45) is 4.95. The number of hydrogen-bond acceptors (Lipinski definition) is 7. The maximum atomic E-state index is 14.8. The maximum Gasteiger partial charge on any atom is 0.247 e. The van der Waals surface area contributed by atoms with Crippen LogP contribution in [0.2, 0.25) is 5.02 Å². The van der Waals surface area contributed by atoms with Gasteiger partial charge in [0.05, 0.1) is 28.0 Å². The van der Waals surface area contributed by atoms with Crippen molar-refractivity contribution in [1.82, 2.24) is 9.88 Å². The van der Waals surface area contributed by atoms with Crippen molar-refractivity contribution in [3.05, 3.63) is 95.1 Å². The zero-order valence-corrected chi connectivity index (χ0v) is 27.2. The minimum Gasteiger partial charge on any atom is -0.425 e. The van der Waals surface area contributed by atoms with Gasteiger partial charge in [0.1, 0.15) is 12.4 Å². The van der Waals surface area contributed by atoms with E-state index in [2.05, 4.69) is 27.2 Å². The Labute approximate surface area is 277 Å². The molecule has 0 saturated heterocycles. The van der Waals surface area contributed by atoms with Crippen LogP contribution in [0.3, 0.4) is 0 Å². The molecule has 5 rings (SSSR count). The van der Waals surface area contributed by atoms with Gasteiger partial charge in [-0.2, -0.15) is 0 Å². The van der Waals surface area contributed by atoms with E-state index in [0.29, 0.717) is 42.2 Å². The number of pyridine rings is 1. The minimum atomic E-state index is -0.883. The molecule has 3 heterocycles. The van der Waals surface area contributed by atoms with Crippen LogP contribution in [0.4, 0.5) is 20.2 Å². The van der Waals surface area contributed by atoms with Gasteiger partial charge < -0.3 is 25.0 Å². The Morgan fingerprint density at radius 2 is 2.00 bits per heavy atom. The molecule has 9 nitrogen and oxygen atoms in total. The lowest BCUT2D eigenvalue weighted by atomic mass is 9.92. The van der Waals surface area contributed by atoms with Crippen LogP contribution in [-0.2, 0) is 19.1 Å². The molecule has 2 bridgehead atoms. The number of methoxy groups -OCH3 is 1. The summed E-state index contributed by atoms with van der Waals surface area (Å²) < 4.78 is 40.1. The molecule has 2 amide bonds. The fourth-order valence-corrected chi connectivity index (χ4v) is 5.98. The van der Waals surface area contributed by atoms with E-state index in [9.17, 15) is 18.4 Å².